The van der Waals surface area contributed by atoms with E-state index in [-0.39, 0.29) is 6.01 Å². The highest BCUT2D eigenvalue weighted by atomic mass is 16.5. The number of aromatic nitrogens is 3. The van der Waals surface area contributed by atoms with E-state index in [2.05, 4.69) is 25.5 Å². The Morgan fingerprint density at radius 2 is 1.81 bits per heavy atom. The van der Waals surface area contributed by atoms with Gasteiger partial charge in [-0.15, -0.1) is 0 Å². The standard InChI is InChI=1S/C25H28N4O3/c1-28-14-10-18-16-20(7-9-23(18)28)32-24-21-8-6-19(17-22(21)26-25(27-24)30-2)31-15-5-13-29-11-3-4-12-29/h6-10,14,16-17H,3-5,11-13,15H2,1-2H3. The van der Waals surface area contributed by atoms with Crippen LogP contribution >= 0.6 is 0 Å². The van der Waals surface area contributed by atoms with Crippen LogP contribution in [0.1, 0.15) is 19.3 Å². The third-order valence-corrected chi connectivity index (χ3v) is 5.95. The molecule has 4 aromatic rings. The number of benzene rings is 2. The average Bonchev–Trinajstić information content (AvgIpc) is 3.46. The molecule has 0 N–H and O–H groups in total. The summed E-state index contributed by atoms with van der Waals surface area (Å²) in [6.45, 7) is 4.21. The molecule has 3 heterocycles. The van der Waals surface area contributed by atoms with Crippen molar-refractivity contribution in [1.29, 1.82) is 0 Å². The monoisotopic (exact) mass is 432 g/mol. The highest BCUT2D eigenvalue weighted by Crippen LogP contribution is 2.32. The molecule has 0 radical (unpaired) electrons. The van der Waals surface area contributed by atoms with Crippen molar-refractivity contribution >= 4 is 21.8 Å². The van der Waals surface area contributed by atoms with Gasteiger partial charge >= 0.3 is 6.01 Å². The summed E-state index contributed by atoms with van der Waals surface area (Å²) < 4.78 is 19.5. The highest BCUT2D eigenvalue weighted by molar-refractivity contribution is 5.86. The first-order valence-corrected chi connectivity index (χ1v) is 11.1. The van der Waals surface area contributed by atoms with Crippen molar-refractivity contribution in [3.8, 4) is 23.4 Å². The van der Waals surface area contributed by atoms with Crippen molar-refractivity contribution in [2.45, 2.75) is 19.3 Å². The second-order valence-corrected chi connectivity index (χ2v) is 8.19. The predicted molar refractivity (Wildman–Crippen MR) is 125 cm³/mol. The van der Waals surface area contributed by atoms with Crippen molar-refractivity contribution < 1.29 is 14.2 Å². The molecule has 7 heteroatoms. The minimum atomic E-state index is 0.263. The zero-order valence-corrected chi connectivity index (χ0v) is 18.6. The number of likely N-dealkylation sites (tertiary alicyclic amines) is 1. The van der Waals surface area contributed by atoms with Crippen LogP contribution in [0.25, 0.3) is 21.8 Å². The van der Waals surface area contributed by atoms with Crippen LogP contribution in [-0.2, 0) is 7.05 Å². The number of hydrogen-bond acceptors (Lipinski definition) is 6. The Balaban J connectivity index is 1.34. The number of fused-ring (bicyclic) bond motifs is 2. The van der Waals surface area contributed by atoms with E-state index in [1.165, 1.54) is 25.9 Å². The van der Waals surface area contributed by atoms with Gasteiger partial charge in [-0.05, 0) is 68.8 Å². The summed E-state index contributed by atoms with van der Waals surface area (Å²) >= 11 is 0. The average molecular weight is 433 g/mol. The number of ether oxygens (including phenoxy) is 3. The Bertz CT molecular complexity index is 1230. The largest absolute Gasteiger partial charge is 0.493 e. The van der Waals surface area contributed by atoms with Gasteiger partial charge in [0.1, 0.15) is 11.5 Å². The van der Waals surface area contributed by atoms with Crippen molar-refractivity contribution in [1.82, 2.24) is 19.4 Å². The van der Waals surface area contributed by atoms with Gasteiger partial charge in [0.2, 0.25) is 5.88 Å². The maximum Gasteiger partial charge on any atom is 0.320 e. The van der Waals surface area contributed by atoms with Gasteiger partial charge in [-0.2, -0.15) is 9.97 Å². The summed E-state index contributed by atoms with van der Waals surface area (Å²) in [5, 5.41) is 1.92. The molecule has 1 fully saturated rings. The normalized spacial score (nSPS) is 14.3. The first-order valence-electron chi connectivity index (χ1n) is 11.1. The summed E-state index contributed by atoms with van der Waals surface area (Å²) in [5.41, 5.74) is 1.87. The number of hydrogen-bond donors (Lipinski definition) is 0. The first kappa shape index (κ1) is 20.6. The molecule has 1 aliphatic rings. The molecule has 0 bridgehead atoms. The highest BCUT2D eigenvalue weighted by Gasteiger charge is 2.13. The van der Waals surface area contributed by atoms with Crippen molar-refractivity contribution in [2.24, 2.45) is 7.05 Å². The molecule has 0 spiro atoms. The lowest BCUT2D eigenvalue weighted by Gasteiger charge is -2.15. The molecule has 0 amide bonds. The smallest absolute Gasteiger partial charge is 0.320 e. The van der Waals surface area contributed by atoms with E-state index in [4.69, 9.17) is 14.2 Å². The van der Waals surface area contributed by atoms with Crippen LogP contribution in [-0.4, -0.2) is 52.8 Å². The van der Waals surface area contributed by atoms with Crippen molar-refractivity contribution in [3.63, 3.8) is 0 Å². The van der Waals surface area contributed by atoms with E-state index in [1.54, 1.807) is 7.11 Å². The lowest BCUT2D eigenvalue weighted by Crippen LogP contribution is -2.21. The maximum absolute atomic E-state index is 6.16. The van der Waals surface area contributed by atoms with Crippen molar-refractivity contribution in [2.75, 3.05) is 33.4 Å². The molecule has 2 aromatic carbocycles. The topological polar surface area (TPSA) is 61.6 Å². The Labute approximate surface area is 187 Å². The van der Waals surface area contributed by atoms with Gasteiger partial charge in [-0.3, -0.25) is 0 Å². The third-order valence-electron chi connectivity index (χ3n) is 5.95. The predicted octanol–water partition coefficient (Wildman–Crippen LogP) is 4.79. The van der Waals surface area contributed by atoms with E-state index in [0.717, 1.165) is 40.5 Å². The van der Waals surface area contributed by atoms with E-state index in [9.17, 15) is 0 Å². The van der Waals surface area contributed by atoms with Crippen LogP contribution in [0.4, 0.5) is 0 Å². The molecule has 32 heavy (non-hydrogen) atoms. The minimum absolute atomic E-state index is 0.263. The Morgan fingerprint density at radius 3 is 2.66 bits per heavy atom. The van der Waals surface area contributed by atoms with Crippen LogP contribution in [0.15, 0.2) is 48.7 Å². The molecule has 1 saturated heterocycles. The van der Waals surface area contributed by atoms with Gasteiger partial charge in [0.15, 0.2) is 0 Å². The van der Waals surface area contributed by atoms with E-state index in [0.29, 0.717) is 18.2 Å². The summed E-state index contributed by atoms with van der Waals surface area (Å²) in [7, 11) is 3.58. The fraction of sp³-hybridized carbons (Fsp3) is 0.360. The zero-order valence-electron chi connectivity index (χ0n) is 18.6. The summed E-state index contributed by atoms with van der Waals surface area (Å²) in [5.74, 6) is 1.96. The van der Waals surface area contributed by atoms with Gasteiger partial charge in [0.05, 0.1) is 24.6 Å². The van der Waals surface area contributed by atoms with Gasteiger partial charge in [0.25, 0.3) is 0 Å². The Kier molecular flexibility index (Phi) is 5.81. The second-order valence-electron chi connectivity index (χ2n) is 8.19. The first-order chi connectivity index (χ1) is 15.7. The molecule has 1 aliphatic heterocycles. The fourth-order valence-electron chi connectivity index (χ4n) is 4.24. The van der Waals surface area contributed by atoms with Crippen LogP contribution in [0.2, 0.25) is 0 Å². The molecule has 7 nitrogen and oxygen atoms in total. The molecule has 166 valence electrons. The summed E-state index contributed by atoms with van der Waals surface area (Å²) in [4.78, 5) is 11.4. The van der Waals surface area contributed by atoms with E-state index >= 15 is 0 Å². The third kappa shape index (κ3) is 4.34. The van der Waals surface area contributed by atoms with Gasteiger partial charge in [-0.1, -0.05) is 0 Å². The molecule has 0 unspecified atom stereocenters. The Morgan fingerprint density at radius 1 is 0.969 bits per heavy atom. The van der Waals surface area contributed by atoms with Crippen LogP contribution in [0.5, 0.6) is 23.4 Å². The molecule has 2 aromatic heterocycles. The molecule has 0 aliphatic carbocycles. The molecular formula is C25H28N4O3. The maximum atomic E-state index is 6.16. The van der Waals surface area contributed by atoms with Crippen LogP contribution in [0, 0.1) is 0 Å². The number of nitrogens with zero attached hydrogens (tertiary/aromatic N) is 4. The zero-order chi connectivity index (χ0) is 21.9. The molecule has 5 rings (SSSR count). The van der Waals surface area contributed by atoms with Crippen LogP contribution < -0.4 is 14.2 Å². The van der Waals surface area contributed by atoms with Crippen molar-refractivity contribution in [3.05, 3.63) is 48.7 Å². The molecule has 0 saturated carbocycles. The quantitative estimate of drug-likeness (QED) is 0.373. The Hall–Kier alpha value is -3.32. The SMILES string of the molecule is COc1nc(Oc2ccc3c(ccn3C)c2)c2ccc(OCCCN3CCCC3)cc2n1. The fourth-order valence-corrected chi connectivity index (χ4v) is 4.24. The summed E-state index contributed by atoms with van der Waals surface area (Å²) in [6.07, 6.45) is 5.68. The van der Waals surface area contributed by atoms with Gasteiger partial charge < -0.3 is 23.7 Å². The van der Waals surface area contributed by atoms with Gasteiger partial charge in [0, 0.05) is 36.8 Å². The van der Waals surface area contributed by atoms with E-state index < -0.39 is 0 Å². The van der Waals surface area contributed by atoms with Gasteiger partial charge in [-0.25, -0.2) is 0 Å². The molecule has 0 atom stereocenters. The van der Waals surface area contributed by atoms with Crippen LogP contribution in [0.3, 0.4) is 0 Å². The molecular weight excluding hydrogens is 404 g/mol. The minimum Gasteiger partial charge on any atom is -0.493 e. The summed E-state index contributed by atoms with van der Waals surface area (Å²) in [6, 6.07) is 14.1. The number of methoxy groups -OCH3 is 1. The lowest BCUT2D eigenvalue weighted by atomic mass is 10.2. The number of aryl methyl sites for hydroxylation is 1. The lowest BCUT2D eigenvalue weighted by molar-refractivity contribution is 0.263. The number of rotatable bonds is 8. The van der Waals surface area contributed by atoms with E-state index in [1.807, 2.05) is 49.6 Å². The second kappa shape index (κ2) is 9.04.